The minimum atomic E-state index is -1.12. The second-order valence-electron chi connectivity index (χ2n) is 13.2. The lowest BCUT2D eigenvalue weighted by Gasteiger charge is -2.54. The fourth-order valence-corrected chi connectivity index (χ4v) is 6.44. The lowest BCUT2D eigenvalue weighted by Crippen LogP contribution is -2.71. The fourth-order valence-electron chi connectivity index (χ4n) is 6.44. The highest BCUT2D eigenvalue weighted by molar-refractivity contribution is 5.98. The van der Waals surface area contributed by atoms with Crippen molar-refractivity contribution in [2.75, 3.05) is 45.0 Å². The summed E-state index contributed by atoms with van der Waals surface area (Å²) < 4.78 is 29.1. The van der Waals surface area contributed by atoms with E-state index in [2.05, 4.69) is 19.8 Å². The predicted octanol–water partition coefficient (Wildman–Crippen LogP) is 4.76. The molecular weight excluding hydrogens is 575 g/mol. The third-order valence-corrected chi connectivity index (χ3v) is 8.91. The van der Waals surface area contributed by atoms with Crippen molar-refractivity contribution in [3.63, 3.8) is 0 Å². The predicted molar refractivity (Wildman–Crippen MR) is 169 cm³/mol. The number of nitrogens with zero attached hydrogens (tertiary/aromatic N) is 7. The van der Waals surface area contributed by atoms with Crippen LogP contribution in [-0.2, 0) is 4.74 Å². The van der Waals surface area contributed by atoms with Crippen LogP contribution < -0.4 is 10.5 Å². The van der Waals surface area contributed by atoms with Crippen molar-refractivity contribution in [3.8, 4) is 22.8 Å². The SMILES string of the molecule is CC(C)(C)OC(=O)N1CC(N2CC(N3CC[C@H](n4nc(-c5ccc(Oc6ccccc6)cc5)c5c(N)ncnc54)[C@H](F)C3)C2)C1. The van der Waals surface area contributed by atoms with Crippen LogP contribution in [-0.4, -0.2) is 104 Å². The Balaban J connectivity index is 0.996. The van der Waals surface area contributed by atoms with Gasteiger partial charge in [-0.2, -0.15) is 5.10 Å². The number of piperidine rings is 1. The molecule has 236 valence electrons. The minimum absolute atomic E-state index is 0.256. The van der Waals surface area contributed by atoms with Crippen molar-refractivity contribution < 1.29 is 18.7 Å². The summed E-state index contributed by atoms with van der Waals surface area (Å²) in [6, 6.07) is 17.4. The second kappa shape index (κ2) is 11.6. The Morgan fingerprint density at radius 2 is 1.60 bits per heavy atom. The normalized spacial score (nSPS) is 21.8. The molecule has 3 aliphatic heterocycles. The number of para-hydroxylation sites is 1. The molecule has 45 heavy (non-hydrogen) atoms. The van der Waals surface area contributed by atoms with E-state index in [1.807, 2.05) is 75.4 Å². The maximum atomic E-state index is 15.9. The van der Waals surface area contributed by atoms with Crippen LogP contribution in [0.3, 0.4) is 0 Å². The number of hydrogen-bond donors (Lipinski definition) is 1. The molecule has 1 amide bonds. The molecule has 0 bridgehead atoms. The molecule has 0 saturated carbocycles. The first-order chi connectivity index (χ1) is 21.6. The van der Waals surface area contributed by atoms with Gasteiger partial charge in [-0.05, 0) is 63.6 Å². The molecule has 2 aromatic carbocycles. The monoisotopic (exact) mass is 614 g/mol. The zero-order valence-corrected chi connectivity index (χ0v) is 25.8. The molecule has 3 aliphatic rings. The van der Waals surface area contributed by atoms with E-state index in [9.17, 15) is 4.79 Å². The van der Waals surface area contributed by atoms with Gasteiger partial charge in [-0.25, -0.2) is 23.8 Å². The molecule has 4 aromatic rings. The topological polar surface area (TPSA) is 115 Å². The standard InChI is InChI=1S/C33H39FN8O3/c1-33(2,3)45-32(43)41-17-23(18-41)40-15-22(16-40)39-14-13-27(26(34)19-39)42-31-28(30(35)36-20-37-31)29(38-42)21-9-11-25(12-10-21)44-24-7-5-4-6-8-24/h4-12,20,22-23,26-27H,13-19H2,1-3H3,(H2,35,36,37)/t26-,27+/m1/s1. The summed E-state index contributed by atoms with van der Waals surface area (Å²) in [5.41, 5.74) is 7.83. The molecule has 0 radical (unpaired) electrons. The Morgan fingerprint density at radius 3 is 2.29 bits per heavy atom. The third kappa shape index (κ3) is 5.91. The number of rotatable bonds is 6. The van der Waals surface area contributed by atoms with Crippen LogP contribution in [0.1, 0.15) is 33.2 Å². The maximum Gasteiger partial charge on any atom is 0.410 e. The smallest absolute Gasteiger partial charge is 0.410 e. The molecule has 2 N–H and O–H groups in total. The van der Waals surface area contributed by atoms with E-state index in [1.54, 1.807) is 9.58 Å². The highest BCUT2D eigenvalue weighted by Crippen LogP contribution is 2.37. The first kappa shape index (κ1) is 29.4. The number of fused-ring (bicyclic) bond motifs is 1. The quantitative estimate of drug-likeness (QED) is 0.328. The summed E-state index contributed by atoms with van der Waals surface area (Å²) in [5.74, 6) is 1.76. The number of amides is 1. The lowest BCUT2D eigenvalue weighted by atomic mass is 9.95. The molecule has 0 aliphatic carbocycles. The van der Waals surface area contributed by atoms with Crippen molar-refractivity contribution in [1.82, 2.24) is 34.4 Å². The number of nitrogen functional groups attached to an aromatic ring is 1. The number of hydrogen-bond acceptors (Lipinski definition) is 9. The molecule has 11 nitrogen and oxygen atoms in total. The Kier molecular flexibility index (Phi) is 7.57. The van der Waals surface area contributed by atoms with Crippen LogP contribution >= 0.6 is 0 Å². The fraction of sp³-hybridized carbons (Fsp3) is 0.455. The zero-order chi connectivity index (χ0) is 31.3. The van der Waals surface area contributed by atoms with Gasteiger partial charge in [-0.1, -0.05) is 18.2 Å². The number of nitrogens with two attached hydrogens (primary N) is 1. The van der Waals surface area contributed by atoms with Gasteiger partial charge in [0.05, 0.1) is 11.4 Å². The van der Waals surface area contributed by atoms with E-state index in [-0.39, 0.29) is 6.09 Å². The van der Waals surface area contributed by atoms with Crippen molar-refractivity contribution in [3.05, 3.63) is 60.9 Å². The number of anilines is 1. The van der Waals surface area contributed by atoms with Crippen LogP contribution in [0.2, 0.25) is 0 Å². The summed E-state index contributed by atoms with van der Waals surface area (Å²) in [5, 5.41) is 5.52. The van der Waals surface area contributed by atoms with E-state index in [0.717, 1.165) is 30.9 Å². The number of likely N-dealkylation sites (tertiary alicyclic amines) is 3. The van der Waals surface area contributed by atoms with Crippen molar-refractivity contribution in [2.45, 2.75) is 57.1 Å². The van der Waals surface area contributed by atoms with Crippen LogP contribution in [0.15, 0.2) is 60.9 Å². The van der Waals surface area contributed by atoms with E-state index >= 15 is 4.39 Å². The van der Waals surface area contributed by atoms with Crippen LogP contribution in [0.5, 0.6) is 11.5 Å². The maximum absolute atomic E-state index is 15.9. The molecule has 0 spiro atoms. The van der Waals surface area contributed by atoms with Gasteiger partial charge in [0.1, 0.15) is 41.1 Å². The molecule has 7 rings (SSSR count). The molecule has 2 aromatic heterocycles. The van der Waals surface area contributed by atoms with Crippen LogP contribution in [0.4, 0.5) is 15.0 Å². The molecule has 2 atom stereocenters. The van der Waals surface area contributed by atoms with E-state index in [4.69, 9.17) is 20.3 Å². The average molecular weight is 615 g/mol. The number of carbonyl (C=O) groups excluding carboxylic acids is 1. The first-order valence-corrected chi connectivity index (χ1v) is 15.5. The summed E-state index contributed by atoms with van der Waals surface area (Å²) in [4.78, 5) is 27.4. The summed E-state index contributed by atoms with van der Waals surface area (Å²) in [6.45, 7) is 9.85. The Morgan fingerprint density at radius 1 is 0.911 bits per heavy atom. The van der Waals surface area contributed by atoms with E-state index < -0.39 is 17.8 Å². The van der Waals surface area contributed by atoms with Gasteiger partial charge in [0, 0.05) is 56.9 Å². The minimum Gasteiger partial charge on any atom is -0.457 e. The van der Waals surface area contributed by atoms with Gasteiger partial charge in [0.15, 0.2) is 5.65 Å². The van der Waals surface area contributed by atoms with Crippen molar-refractivity contribution in [2.24, 2.45) is 0 Å². The number of benzene rings is 2. The van der Waals surface area contributed by atoms with Gasteiger partial charge < -0.3 is 20.1 Å². The third-order valence-electron chi connectivity index (χ3n) is 8.91. The van der Waals surface area contributed by atoms with Gasteiger partial charge in [0.25, 0.3) is 0 Å². The molecular formula is C33H39FN8O3. The summed E-state index contributed by atoms with van der Waals surface area (Å²) >= 11 is 0. The highest BCUT2D eigenvalue weighted by atomic mass is 19.1. The number of ether oxygens (including phenoxy) is 2. The van der Waals surface area contributed by atoms with Gasteiger partial charge in [-0.15, -0.1) is 0 Å². The summed E-state index contributed by atoms with van der Waals surface area (Å²) in [6.07, 6.45) is 0.644. The van der Waals surface area contributed by atoms with Gasteiger partial charge in [-0.3, -0.25) is 9.80 Å². The number of aromatic nitrogens is 4. The number of carbonyl (C=O) groups is 1. The Hall–Kier alpha value is -4.29. The van der Waals surface area contributed by atoms with Crippen molar-refractivity contribution >= 4 is 22.9 Å². The Bertz CT molecular complexity index is 1660. The lowest BCUT2D eigenvalue weighted by molar-refractivity contribution is -0.0697. The molecule has 5 heterocycles. The second-order valence-corrected chi connectivity index (χ2v) is 13.2. The first-order valence-electron chi connectivity index (χ1n) is 15.5. The van der Waals surface area contributed by atoms with Gasteiger partial charge in [0.2, 0.25) is 0 Å². The zero-order valence-electron chi connectivity index (χ0n) is 25.8. The summed E-state index contributed by atoms with van der Waals surface area (Å²) in [7, 11) is 0. The number of halogens is 1. The Labute approximate surface area is 261 Å². The van der Waals surface area contributed by atoms with E-state index in [1.165, 1.54) is 6.33 Å². The van der Waals surface area contributed by atoms with Crippen molar-refractivity contribution in [1.29, 1.82) is 0 Å². The van der Waals surface area contributed by atoms with Gasteiger partial charge >= 0.3 is 6.09 Å². The van der Waals surface area contributed by atoms with Crippen LogP contribution in [0.25, 0.3) is 22.3 Å². The van der Waals surface area contributed by atoms with Crippen LogP contribution in [0, 0.1) is 0 Å². The molecule has 3 saturated heterocycles. The molecule has 3 fully saturated rings. The molecule has 12 heteroatoms. The number of alkyl halides is 1. The molecule has 0 unspecified atom stereocenters. The highest BCUT2D eigenvalue weighted by Gasteiger charge is 2.45. The largest absolute Gasteiger partial charge is 0.457 e. The average Bonchev–Trinajstić information content (AvgIpc) is 3.34. The van der Waals surface area contributed by atoms with E-state index in [0.29, 0.717) is 66.4 Å².